The maximum absolute atomic E-state index is 12.3. The van der Waals surface area contributed by atoms with Gasteiger partial charge in [0.25, 0.3) is 11.8 Å². The van der Waals surface area contributed by atoms with Crippen LogP contribution in [-0.4, -0.2) is 26.6 Å². The Morgan fingerprint density at radius 2 is 1.78 bits per heavy atom. The number of benzene rings is 2. The van der Waals surface area contributed by atoms with E-state index in [1.54, 1.807) is 59.5 Å². The molecule has 3 aromatic rings. The van der Waals surface area contributed by atoms with Gasteiger partial charge in [-0.25, -0.2) is 9.67 Å². The Labute approximate surface area is 131 Å². The lowest BCUT2D eigenvalue weighted by Gasteiger charge is -2.09. The molecule has 3 rings (SSSR count). The molecule has 0 radical (unpaired) electrons. The molecule has 2 amide bonds. The number of carbonyl (C=O) groups is 2. The molecule has 23 heavy (non-hydrogen) atoms. The Bertz CT molecular complexity index is 841. The molecule has 0 saturated heterocycles. The molecule has 3 N–H and O–H groups in total. The molecular formula is C16H13N5O2. The summed E-state index contributed by atoms with van der Waals surface area (Å²) in [7, 11) is 0. The van der Waals surface area contributed by atoms with Crippen molar-refractivity contribution in [1.29, 1.82) is 0 Å². The van der Waals surface area contributed by atoms with Gasteiger partial charge in [-0.2, -0.15) is 5.10 Å². The molecule has 0 fully saturated rings. The third-order valence-electron chi connectivity index (χ3n) is 3.25. The summed E-state index contributed by atoms with van der Waals surface area (Å²) < 4.78 is 1.59. The minimum atomic E-state index is -0.595. The molecule has 0 spiro atoms. The Hall–Kier alpha value is -3.48. The summed E-state index contributed by atoms with van der Waals surface area (Å²) in [5.74, 6) is -0.925. The number of nitrogens with zero attached hydrogens (tertiary/aromatic N) is 3. The van der Waals surface area contributed by atoms with Gasteiger partial charge in [0.2, 0.25) is 0 Å². The first-order valence-electron chi connectivity index (χ1n) is 6.80. The molecule has 7 heteroatoms. The van der Waals surface area contributed by atoms with Crippen LogP contribution in [0.25, 0.3) is 5.69 Å². The van der Waals surface area contributed by atoms with Crippen molar-refractivity contribution in [2.75, 3.05) is 5.32 Å². The van der Waals surface area contributed by atoms with Crippen LogP contribution in [0.4, 0.5) is 5.69 Å². The van der Waals surface area contributed by atoms with Crippen LogP contribution in [-0.2, 0) is 0 Å². The highest BCUT2D eigenvalue weighted by Crippen LogP contribution is 2.16. The van der Waals surface area contributed by atoms with Gasteiger partial charge in [-0.15, -0.1) is 0 Å². The predicted molar refractivity (Wildman–Crippen MR) is 84.3 cm³/mol. The number of aromatic nitrogens is 3. The van der Waals surface area contributed by atoms with Crippen LogP contribution < -0.4 is 11.1 Å². The number of para-hydroxylation sites is 1. The molecule has 7 nitrogen and oxygen atoms in total. The second kappa shape index (κ2) is 6.10. The Morgan fingerprint density at radius 3 is 2.43 bits per heavy atom. The van der Waals surface area contributed by atoms with Crippen LogP contribution in [0.2, 0.25) is 0 Å². The molecule has 0 aliphatic heterocycles. The molecular weight excluding hydrogens is 294 g/mol. The van der Waals surface area contributed by atoms with Gasteiger partial charge in [0, 0.05) is 5.56 Å². The van der Waals surface area contributed by atoms with Crippen molar-refractivity contribution < 1.29 is 9.59 Å². The number of nitrogens with two attached hydrogens (primary N) is 1. The predicted octanol–water partition coefficient (Wildman–Crippen LogP) is 1.62. The van der Waals surface area contributed by atoms with Crippen LogP contribution in [0.15, 0.2) is 61.2 Å². The minimum Gasteiger partial charge on any atom is -0.366 e. The zero-order chi connectivity index (χ0) is 16.2. The Balaban J connectivity index is 1.80. The zero-order valence-electron chi connectivity index (χ0n) is 12.0. The fourth-order valence-electron chi connectivity index (χ4n) is 2.11. The molecule has 0 unspecified atom stereocenters. The van der Waals surface area contributed by atoms with Gasteiger partial charge in [-0.05, 0) is 36.4 Å². The Kier molecular flexibility index (Phi) is 3.84. The molecule has 0 aliphatic rings. The lowest BCUT2D eigenvalue weighted by Crippen LogP contribution is -2.18. The van der Waals surface area contributed by atoms with Crippen LogP contribution in [0.3, 0.4) is 0 Å². The Morgan fingerprint density at radius 1 is 1.04 bits per heavy atom. The summed E-state index contributed by atoms with van der Waals surface area (Å²) in [6.07, 6.45) is 3.00. The van der Waals surface area contributed by atoms with E-state index in [1.165, 1.54) is 6.33 Å². The maximum Gasteiger partial charge on any atom is 0.255 e. The summed E-state index contributed by atoms with van der Waals surface area (Å²) in [5, 5.41) is 6.70. The third kappa shape index (κ3) is 3.08. The normalized spacial score (nSPS) is 10.3. The summed E-state index contributed by atoms with van der Waals surface area (Å²) in [6, 6.07) is 13.4. The van der Waals surface area contributed by atoms with Gasteiger partial charge in [0.05, 0.1) is 16.9 Å². The van der Waals surface area contributed by atoms with Gasteiger partial charge in [0.1, 0.15) is 12.7 Å². The molecule has 0 bridgehead atoms. The van der Waals surface area contributed by atoms with Crippen LogP contribution in [0, 0.1) is 0 Å². The van der Waals surface area contributed by atoms with Gasteiger partial charge >= 0.3 is 0 Å². The van der Waals surface area contributed by atoms with E-state index in [2.05, 4.69) is 15.4 Å². The number of hydrogen-bond acceptors (Lipinski definition) is 4. The van der Waals surface area contributed by atoms with E-state index >= 15 is 0 Å². The second-order valence-corrected chi connectivity index (χ2v) is 4.75. The summed E-state index contributed by atoms with van der Waals surface area (Å²) in [4.78, 5) is 27.5. The second-order valence-electron chi connectivity index (χ2n) is 4.75. The zero-order valence-corrected chi connectivity index (χ0v) is 12.0. The van der Waals surface area contributed by atoms with Crippen LogP contribution >= 0.6 is 0 Å². The van der Waals surface area contributed by atoms with Gasteiger partial charge in [-0.1, -0.05) is 12.1 Å². The first-order valence-corrected chi connectivity index (χ1v) is 6.80. The smallest absolute Gasteiger partial charge is 0.255 e. The summed E-state index contributed by atoms with van der Waals surface area (Å²) in [5.41, 5.74) is 7.18. The van der Waals surface area contributed by atoms with Crippen molar-refractivity contribution in [3.05, 3.63) is 72.3 Å². The van der Waals surface area contributed by atoms with Gasteiger partial charge in [0.15, 0.2) is 0 Å². The number of carbonyl (C=O) groups excluding carboxylic acids is 2. The maximum atomic E-state index is 12.3. The van der Waals surface area contributed by atoms with Crippen molar-refractivity contribution in [1.82, 2.24) is 14.8 Å². The lowest BCUT2D eigenvalue weighted by molar-refractivity contribution is 0.100. The van der Waals surface area contributed by atoms with E-state index < -0.39 is 5.91 Å². The number of hydrogen-bond donors (Lipinski definition) is 2. The lowest BCUT2D eigenvalue weighted by atomic mass is 10.1. The highest BCUT2D eigenvalue weighted by Gasteiger charge is 2.12. The van der Waals surface area contributed by atoms with Crippen LogP contribution in [0.1, 0.15) is 20.7 Å². The fraction of sp³-hybridized carbons (Fsp3) is 0. The minimum absolute atomic E-state index is 0.264. The van der Waals surface area contributed by atoms with E-state index in [1.807, 2.05) is 0 Å². The molecule has 2 aromatic carbocycles. The van der Waals surface area contributed by atoms with E-state index in [4.69, 9.17) is 5.73 Å². The van der Waals surface area contributed by atoms with Crippen molar-refractivity contribution in [2.24, 2.45) is 5.73 Å². The molecule has 0 saturated carbocycles. The van der Waals surface area contributed by atoms with E-state index in [9.17, 15) is 9.59 Å². The monoisotopic (exact) mass is 307 g/mol. The van der Waals surface area contributed by atoms with Crippen LogP contribution in [0.5, 0.6) is 0 Å². The standard InChI is InChI=1S/C16H13N5O2/c17-15(22)13-3-1-2-4-14(13)20-16(23)11-5-7-12(8-6-11)21-10-18-9-19-21/h1-10H,(H2,17,22)(H,20,23). The van der Waals surface area contributed by atoms with Crippen molar-refractivity contribution in [3.8, 4) is 5.69 Å². The molecule has 1 heterocycles. The van der Waals surface area contributed by atoms with Crippen molar-refractivity contribution in [3.63, 3.8) is 0 Å². The van der Waals surface area contributed by atoms with Crippen molar-refractivity contribution in [2.45, 2.75) is 0 Å². The SMILES string of the molecule is NC(=O)c1ccccc1NC(=O)c1ccc(-n2cncn2)cc1. The van der Waals surface area contributed by atoms with Gasteiger partial charge < -0.3 is 11.1 Å². The molecule has 1 aromatic heterocycles. The summed E-state index contributed by atoms with van der Waals surface area (Å²) in [6.45, 7) is 0. The third-order valence-corrected chi connectivity index (χ3v) is 3.25. The van der Waals surface area contributed by atoms with E-state index in [-0.39, 0.29) is 11.5 Å². The summed E-state index contributed by atoms with van der Waals surface area (Å²) >= 11 is 0. The molecule has 0 atom stereocenters. The average molecular weight is 307 g/mol. The largest absolute Gasteiger partial charge is 0.366 e. The fourth-order valence-corrected chi connectivity index (χ4v) is 2.11. The topological polar surface area (TPSA) is 103 Å². The molecule has 114 valence electrons. The highest BCUT2D eigenvalue weighted by molar-refractivity contribution is 6.08. The number of rotatable bonds is 4. The van der Waals surface area contributed by atoms with Crippen molar-refractivity contribution >= 4 is 17.5 Å². The number of amides is 2. The number of nitrogens with one attached hydrogen (secondary N) is 1. The van der Waals surface area contributed by atoms with E-state index in [0.29, 0.717) is 11.3 Å². The highest BCUT2D eigenvalue weighted by atomic mass is 16.2. The first-order chi connectivity index (χ1) is 11.1. The van der Waals surface area contributed by atoms with Gasteiger partial charge in [-0.3, -0.25) is 9.59 Å². The average Bonchev–Trinajstić information content (AvgIpc) is 3.10. The quantitative estimate of drug-likeness (QED) is 0.764. The first kappa shape index (κ1) is 14.5. The van der Waals surface area contributed by atoms with E-state index in [0.717, 1.165) is 5.69 Å². The number of anilines is 1. The number of primary amides is 1. The molecule has 0 aliphatic carbocycles.